The SMILES string of the molecule is CC(C)[C@@H](NC(=O)c1ccco1)C(=O)N[C@H](C)C(=O)NCc1ccccc1. The summed E-state index contributed by atoms with van der Waals surface area (Å²) in [7, 11) is 0. The summed E-state index contributed by atoms with van der Waals surface area (Å²) in [5, 5.41) is 8.08. The second kappa shape index (κ2) is 9.56. The van der Waals surface area contributed by atoms with Crippen molar-refractivity contribution in [2.24, 2.45) is 5.92 Å². The van der Waals surface area contributed by atoms with E-state index in [1.807, 2.05) is 44.2 Å². The lowest BCUT2D eigenvalue weighted by atomic mass is 10.0. The van der Waals surface area contributed by atoms with Crippen LogP contribution in [0.5, 0.6) is 0 Å². The summed E-state index contributed by atoms with van der Waals surface area (Å²) >= 11 is 0. The van der Waals surface area contributed by atoms with E-state index in [9.17, 15) is 14.4 Å². The van der Waals surface area contributed by atoms with Crippen LogP contribution in [0.3, 0.4) is 0 Å². The van der Waals surface area contributed by atoms with Gasteiger partial charge >= 0.3 is 0 Å². The average Bonchev–Trinajstić information content (AvgIpc) is 3.19. The van der Waals surface area contributed by atoms with Crippen LogP contribution in [0.15, 0.2) is 53.1 Å². The van der Waals surface area contributed by atoms with Gasteiger partial charge in [0.2, 0.25) is 11.8 Å². The van der Waals surface area contributed by atoms with E-state index in [2.05, 4.69) is 16.0 Å². The molecule has 0 saturated carbocycles. The Hall–Kier alpha value is -3.09. The zero-order valence-corrected chi connectivity index (χ0v) is 15.7. The predicted octanol–water partition coefficient (Wildman–Crippen LogP) is 1.86. The molecule has 7 heteroatoms. The maximum Gasteiger partial charge on any atom is 0.287 e. The lowest BCUT2D eigenvalue weighted by molar-refractivity contribution is -0.130. The van der Waals surface area contributed by atoms with Crippen LogP contribution in [0.25, 0.3) is 0 Å². The van der Waals surface area contributed by atoms with Crippen molar-refractivity contribution in [2.45, 2.75) is 39.4 Å². The molecule has 7 nitrogen and oxygen atoms in total. The van der Waals surface area contributed by atoms with E-state index in [4.69, 9.17) is 4.42 Å². The molecule has 0 spiro atoms. The summed E-state index contributed by atoms with van der Waals surface area (Å²) in [5.41, 5.74) is 0.968. The molecule has 1 aromatic heterocycles. The van der Waals surface area contributed by atoms with Gasteiger partial charge in [0.25, 0.3) is 5.91 Å². The van der Waals surface area contributed by atoms with Crippen LogP contribution in [0.4, 0.5) is 0 Å². The third-order valence-electron chi connectivity index (χ3n) is 4.04. The van der Waals surface area contributed by atoms with Crippen LogP contribution in [0.1, 0.15) is 36.9 Å². The Morgan fingerprint density at radius 3 is 2.22 bits per heavy atom. The lowest BCUT2D eigenvalue weighted by Gasteiger charge is -2.23. The quantitative estimate of drug-likeness (QED) is 0.659. The highest BCUT2D eigenvalue weighted by Gasteiger charge is 2.27. The first-order valence-electron chi connectivity index (χ1n) is 8.85. The van der Waals surface area contributed by atoms with Gasteiger partial charge < -0.3 is 20.4 Å². The first kappa shape index (κ1) is 20.2. The molecule has 1 heterocycles. The summed E-state index contributed by atoms with van der Waals surface area (Å²) in [4.78, 5) is 36.9. The van der Waals surface area contributed by atoms with Gasteiger partial charge in [-0.2, -0.15) is 0 Å². The molecule has 0 radical (unpaired) electrons. The van der Waals surface area contributed by atoms with E-state index in [-0.39, 0.29) is 17.6 Å². The number of nitrogens with one attached hydrogen (secondary N) is 3. The highest BCUT2D eigenvalue weighted by Crippen LogP contribution is 2.06. The average molecular weight is 371 g/mol. The molecule has 144 valence electrons. The smallest absolute Gasteiger partial charge is 0.287 e. The van der Waals surface area contributed by atoms with Gasteiger partial charge in [-0.25, -0.2) is 0 Å². The molecule has 2 rings (SSSR count). The van der Waals surface area contributed by atoms with Crippen LogP contribution >= 0.6 is 0 Å². The zero-order valence-electron chi connectivity index (χ0n) is 15.7. The van der Waals surface area contributed by atoms with Crippen molar-refractivity contribution in [1.82, 2.24) is 16.0 Å². The number of amides is 3. The number of carbonyl (C=O) groups is 3. The molecule has 0 bridgehead atoms. The number of rotatable bonds is 8. The van der Waals surface area contributed by atoms with Crippen LogP contribution in [0, 0.1) is 5.92 Å². The predicted molar refractivity (Wildman–Crippen MR) is 101 cm³/mol. The van der Waals surface area contributed by atoms with Gasteiger partial charge in [0.05, 0.1) is 6.26 Å². The summed E-state index contributed by atoms with van der Waals surface area (Å²) in [5.74, 6) is -1.24. The van der Waals surface area contributed by atoms with E-state index in [1.165, 1.54) is 12.3 Å². The number of carbonyl (C=O) groups excluding carboxylic acids is 3. The van der Waals surface area contributed by atoms with Gasteiger partial charge in [-0.3, -0.25) is 14.4 Å². The molecule has 2 aromatic rings. The molecule has 27 heavy (non-hydrogen) atoms. The largest absolute Gasteiger partial charge is 0.459 e. The Kier molecular flexibility index (Phi) is 7.16. The molecule has 0 aliphatic heterocycles. The summed E-state index contributed by atoms with van der Waals surface area (Å²) < 4.78 is 5.04. The van der Waals surface area contributed by atoms with Crippen molar-refractivity contribution in [3.8, 4) is 0 Å². The summed E-state index contributed by atoms with van der Waals surface area (Å²) in [6.45, 7) is 5.60. The first-order chi connectivity index (χ1) is 12.9. The molecule has 3 amide bonds. The third-order valence-corrected chi connectivity index (χ3v) is 4.04. The number of benzene rings is 1. The van der Waals surface area contributed by atoms with Gasteiger partial charge in [-0.1, -0.05) is 44.2 Å². The Morgan fingerprint density at radius 1 is 0.926 bits per heavy atom. The molecule has 3 N–H and O–H groups in total. The van der Waals surface area contributed by atoms with Crippen LogP contribution < -0.4 is 16.0 Å². The van der Waals surface area contributed by atoms with Crippen molar-refractivity contribution in [3.63, 3.8) is 0 Å². The zero-order chi connectivity index (χ0) is 19.8. The van der Waals surface area contributed by atoms with E-state index in [0.717, 1.165) is 5.56 Å². The van der Waals surface area contributed by atoms with Crippen molar-refractivity contribution in [1.29, 1.82) is 0 Å². The standard InChI is InChI=1S/C20H25N3O4/c1-13(2)17(23-19(25)16-10-7-11-27-16)20(26)22-14(3)18(24)21-12-15-8-5-4-6-9-15/h4-11,13-14,17H,12H2,1-3H3,(H,21,24)(H,22,26)(H,23,25)/t14-,17-/m1/s1. The summed E-state index contributed by atoms with van der Waals surface area (Å²) in [6, 6.07) is 11.1. The molecule has 2 atom stereocenters. The van der Waals surface area contributed by atoms with E-state index < -0.39 is 23.9 Å². The Morgan fingerprint density at radius 2 is 1.63 bits per heavy atom. The molecule has 0 aliphatic carbocycles. The fourth-order valence-electron chi connectivity index (χ4n) is 2.46. The van der Waals surface area contributed by atoms with Crippen LogP contribution in [-0.4, -0.2) is 29.8 Å². The van der Waals surface area contributed by atoms with Crippen molar-refractivity contribution < 1.29 is 18.8 Å². The maximum absolute atomic E-state index is 12.5. The minimum atomic E-state index is -0.785. The third kappa shape index (κ3) is 5.99. The topological polar surface area (TPSA) is 100 Å². The summed E-state index contributed by atoms with van der Waals surface area (Å²) in [6.07, 6.45) is 1.39. The molecular formula is C20H25N3O4. The fourth-order valence-corrected chi connectivity index (χ4v) is 2.46. The Labute approximate surface area is 158 Å². The Balaban J connectivity index is 1.89. The molecule has 0 fully saturated rings. The molecular weight excluding hydrogens is 346 g/mol. The van der Waals surface area contributed by atoms with Crippen molar-refractivity contribution >= 4 is 17.7 Å². The number of furan rings is 1. The minimum absolute atomic E-state index is 0.127. The van der Waals surface area contributed by atoms with Gasteiger partial charge in [0.1, 0.15) is 12.1 Å². The monoisotopic (exact) mass is 371 g/mol. The number of hydrogen-bond acceptors (Lipinski definition) is 4. The van der Waals surface area contributed by atoms with E-state index in [1.54, 1.807) is 13.0 Å². The van der Waals surface area contributed by atoms with Crippen LogP contribution in [-0.2, 0) is 16.1 Å². The highest BCUT2D eigenvalue weighted by molar-refractivity contribution is 5.96. The number of hydrogen-bond donors (Lipinski definition) is 3. The maximum atomic E-state index is 12.5. The molecule has 0 saturated heterocycles. The molecule has 1 aromatic carbocycles. The van der Waals surface area contributed by atoms with E-state index in [0.29, 0.717) is 6.54 Å². The van der Waals surface area contributed by atoms with Crippen molar-refractivity contribution in [3.05, 3.63) is 60.1 Å². The minimum Gasteiger partial charge on any atom is -0.459 e. The normalized spacial score (nSPS) is 12.9. The van der Waals surface area contributed by atoms with Gasteiger partial charge in [-0.05, 0) is 30.5 Å². The molecule has 0 unspecified atom stereocenters. The van der Waals surface area contributed by atoms with Gasteiger partial charge in [0.15, 0.2) is 5.76 Å². The molecule has 0 aliphatic rings. The van der Waals surface area contributed by atoms with Gasteiger partial charge in [-0.15, -0.1) is 0 Å². The fraction of sp³-hybridized carbons (Fsp3) is 0.350. The van der Waals surface area contributed by atoms with Crippen molar-refractivity contribution in [2.75, 3.05) is 0 Å². The first-order valence-corrected chi connectivity index (χ1v) is 8.85. The lowest BCUT2D eigenvalue weighted by Crippen LogP contribution is -2.54. The second-order valence-electron chi connectivity index (χ2n) is 6.61. The van der Waals surface area contributed by atoms with Gasteiger partial charge in [0, 0.05) is 6.54 Å². The van der Waals surface area contributed by atoms with Crippen LogP contribution in [0.2, 0.25) is 0 Å². The van der Waals surface area contributed by atoms with E-state index >= 15 is 0 Å². The Bertz CT molecular complexity index is 757. The highest BCUT2D eigenvalue weighted by atomic mass is 16.3. The second-order valence-corrected chi connectivity index (χ2v) is 6.61.